The number of aromatic nitrogens is 4. The van der Waals surface area contributed by atoms with Crippen LogP contribution in [-0.2, 0) is 17.2 Å². The van der Waals surface area contributed by atoms with Gasteiger partial charge in [-0.2, -0.15) is 0 Å². The van der Waals surface area contributed by atoms with E-state index in [1.54, 1.807) is 12.4 Å². The maximum absolute atomic E-state index is 13.2. The molecule has 4 heterocycles. The fraction of sp³-hybridized carbons (Fsp3) is 0.636. The number of aliphatic hydroxyl groups is 1. The van der Waals surface area contributed by atoms with E-state index in [0.717, 1.165) is 61.6 Å². The fourth-order valence-corrected chi connectivity index (χ4v) is 6.35. The Bertz CT molecular complexity index is 1030. The van der Waals surface area contributed by atoms with Crippen LogP contribution in [0.15, 0.2) is 17.3 Å². The third-order valence-electron chi connectivity index (χ3n) is 6.98. The van der Waals surface area contributed by atoms with Crippen LogP contribution in [0.1, 0.15) is 63.4 Å². The summed E-state index contributed by atoms with van der Waals surface area (Å²) in [5.74, 6) is 2.38. The van der Waals surface area contributed by atoms with E-state index in [1.807, 2.05) is 13.8 Å². The number of nitrogens with zero attached hydrogens (tertiary/aromatic N) is 5. The van der Waals surface area contributed by atoms with Gasteiger partial charge in [0.1, 0.15) is 16.5 Å². The maximum atomic E-state index is 13.2. The first-order chi connectivity index (χ1) is 15.3. The number of fused-ring (bicyclic) bond motifs is 1. The Balaban J connectivity index is 1.41. The summed E-state index contributed by atoms with van der Waals surface area (Å²) in [4.78, 5) is 21.4. The molecule has 3 aliphatic rings. The molecule has 1 atom stereocenters. The van der Waals surface area contributed by atoms with Crippen molar-refractivity contribution in [1.29, 1.82) is 0 Å². The number of aliphatic hydroxyl groups excluding tert-OH is 1. The van der Waals surface area contributed by atoms with Crippen molar-refractivity contribution in [2.45, 2.75) is 73.5 Å². The zero-order valence-corrected chi connectivity index (χ0v) is 20.0. The van der Waals surface area contributed by atoms with E-state index < -0.39 is 10.8 Å². The molecule has 0 aromatic carbocycles. The van der Waals surface area contributed by atoms with Crippen molar-refractivity contribution < 1.29 is 9.32 Å². The van der Waals surface area contributed by atoms with E-state index in [-0.39, 0.29) is 22.8 Å². The molecular formula is C22H29ClN6O2S. The van der Waals surface area contributed by atoms with E-state index in [2.05, 4.69) is 20.2 Å². The zero-order valence-electron chi connectivity index (χ0n) is 18.5. The summed E-state index contributed by atoms with van der Waals surface area (Å²) in [6, 6.07) is 0. The molecule has 2 N–H and O–H groups in total. The third-order valence-corrected chi connectivity index (χ3v) is 9.12. The predicted octanol–water partition coefficient (Wildman–Crippen LogP) is 3.07. The minimum absolute atomic E-state index is 0.0522. The molecule has 32 heavy (non-hydrogen) atoms. The highest BCUT2D eigenvalue weighted by Gasteiger charge is 2.44. The number of anilines is 2. The molecule has 5 rings (SSSR count). The molecule has 10 heteroatoms. The number of hydrogen-bond donors (Lipinski definition) is 2. The number of hydrogen-bond acceptors (Lipinski definition) is 8. The average molecular weight is 477 g/mol. The van der Waals surface area contributed by atoms with Gasteiger partial charge < -0.3 is 15.3 Å². The van der Waals surface area contributed by atoms with Crippen LogP contribution in [0, 0.1) is 0 Å². The van der Waals surface area contributed by atoms with E-state index >= 15 is 0 Å². The lowest BCUT2D eigenvalue weighted by molar-refractivity contribution is 0.143. The highest BCUT2D eigenvalue weighted by molar-refractivity contribution is 7.87. The van der Waals surface area contributed by atoms with Crippen LogP contribution in [0.4, 0.5) is 11.8 Å². The second kappa shape index (κ2) is 8.18. The van der Waals surface area contributed by atoms with Crippen molar-refractivity contribution in [3.05, 3.63) is 28.9 Å². The molecule has 0 unspecified atom stereocenters. The molecule has 1 saturated carbocycles. The van der Waals surface area contributed by atoms with Crippen molar-refractivity contribution in [1.82, 2.24) is 19.9 Å². The summed E-state index contributed by atoms with van der Waals surface area (Å²) < 4.78 is 12.9. The number of piperidine rings is 1. The molecule has 2 aliphatic heterocycles. The topological polar surface area (TPSA) is 104 Å². The fourth-order valence-electron chi connectivity index (χ4n) is 4.83. The van der Waals surface area contributed by atoms with E-state index in [9.17, 15) is 9.32 Å². The highest BCUT2D eigenvalue weighted by Crippen LogP contribution is 2.43. The van der Waals surface area contributed by atoms with Crippen LogP contribution in [-0.4, -0.2) is 59.2 Å². The Morgan fingerprint density at radius 3 is 2.50 bits per heavy atom. The summed E-state index contributed by atoms with van der Waals surface area (Å²) in [7, 11) is -1.18. The molecule has 8 nitrogen and oxygen atoms in total. The molecule has 2 fully saturated rings. The Morgan fingerprint density at radius 2 is 1.91 bits per heavy atom. The van der Waals surface area contributed by atoms with Crippen LogP contribution in [0.2, 0.25) is 5.02 Å². The van der Waals surface area contributed by atoms with Gasteiger partial charge in [-0.25, -0.2) is 19.9 Å². The minimum Gasteiger partial charge on any atom is -0.394 e. The predicted molar refractivity (Wildman–Crippen MR) is 125 cm³/mol. The van der Waals surface area contributed by atoms with E-state index in [4.69, 9.17) is 21.6 Å². The quantitative estimate of drug-likeness (QED) is 0.678. The van der Waals surface area contributed by atoms with Gasteiger partial charge in [0.05, 0.1) is 50.8 Å². The first kappa shape index (κ1) is 22.0. The SMILES string of the molecule is CC1(C)Cc2nc(C3CCN(c4ncc(Cl)cn4)CC3)nc(NC3(CO)CCC3)c2[S@@]1=O. The first-order valence-corrected chi connectivity index (χ1v) is 12.8. The summed E-state index contributed by atoms with van der Waals surface area (Å²) >= 11 is 5.91. The summed E-state index contributed by atoms with van der Waals surface area (Å²) in [6.07, 6.45) is 8.56. The number of rotatable bonds is 5. The summed E-state index contributed by atoms with van der Waals surface area (Å²) in [5, 5.41) is 14.0. The lowest BCUT2D eigenvalue weighted by Gasteiger charge is -2.41. The smallest absolute Gasteiger partial charge is 0.225 e. The molecule has 2 aromatic heterocycles. The maximum Gasteiger partial charge on any atom is 0.225 e. The Morgan fingerprint density at radius 1 is 1.22 bits per heavy atom. The monoisotopic (exact) mass is 476 g/mol. The van der Waals surface area contributed by atoms with Crippen molar-refractivity contribution in [3.8, 4) is 0 Å². The number of nitrogens with one attached hydrogen (secondary N) is 1. The molecule has 1 saturated heterocycles. The molecule has 0 bridgehead atoms. The average Bonchev–Trinajstić information content (AvgIpc) is 2.99. The molecular weight excluding hydrogens is 448 g/mol. The first-order valence-electron chi connectivity index (χ1n) is 11.2. The lowest BCUT2D eigenvalue weighted by Crippen LogP contribution is -2.48. The number of halogens is 1. The van der Waals surface area contributed by atoms with Crippen LogP contribution in [0.3, 0.4) is 0 Å². The molecule has 0 spiro atoms. The van der Waals surface area contributed by atoms with Gasteiger partial charge in [0.2, 0.25) is 5.95 Å². The van der Waals surface area contributed by atoms with Crippen LogP contribution in [0.5, 0.6) is 0 Å². The van der Waals surface area contributed by atoms with Gasteiger partial charge in [0.25, 0.3) is 0 Å². The van der Waals surface area contributed by atoms with Gasteiger partial charge in [-0.05, 0) is 46.0 Å². The normalized spacial score (nSPS) is 24.1. The summed E-state index contributed by atoms with van der Waals surface area (Å²) in [5.41, 5.74) is 0.530. The molecule has 1 aliphatic carbocycles. The lowest BCUT2D eigenvalue weighted by atomic mass is 9.77. The Labute approximate surface area is 195 Å². The van der Waals surface area contributed by atoms with Crippen molar-refractivity contribution in [2.24, 2.45) is 0 Å². The standard InChI is InChI=1S/C22H29ClN6O2S/c1-21(2)10-16-17(32(21)31)19(28-22(13-30)6-3-7-22)27-18(26-16)14-4-8-29(9-5-14)20-24-11-15(23)12-25-20/h11-12,14,30H,3-10,13H2,1-2H3,(H,26,27,28)/t32-/m0/s1. The largest absolute Gasteiger partial charge is 0.394 e. The Hall–Kier alpha value is -1.84. The molecule has 172 valence electrons. The second-order valence-corrected chi connectivity index (χ2v) is 12.3. The molecule has 2 aromatic rings. The van der Waals surface area contributed by atoms with Crippen LogP contribution in [0.25, 0.3) is 0 Å². The van der Waals surface area contributed by atoms with Crippen molar-refractivity contribution >= 4 is 34.2 Å². The highest BCUT2D eigenvalue weighted by atomic mass is 35.5. The molecule has 0 radical (unpaired) electrons. The van der Waals surface area contributed by atoms with E-state index in [0.29, 0.717) is 23.2 Å². The Kier molecular flexibility index (Phi) is 5.62. The van der Waals surface area contributed by atoms with Gasteiger partial charge in [-0.1, -0.05) is 11.6 Å². The van der Waals surface area contributed by atoms with Crippen LogP contribution >= 0.6 is 11.6 Å². The van der Waals surface area contributed by atoms with Crippen molar-refractivity contribution in [2.75, 3.05) is 29.9 Å². The summed E-state index contributed by atoms with van der Waals surface area (Å²) in [6.45, 7) is 5.71. The minimum atomic E-state index is -1.18. The van der Waals surface area contributed by atoms with Gasteiger partial charge in [-0.3, -0.25) is 4.21 Å². The van der Waals surface area contributed by atoms with Crippen molar-refractivity contribution in [3.63, 3.8) is 0 Å². The van der Waals surface area contributed by atoms with Gasteiger partial charge in [-0.15, -0.1) is 0 Å². The van der Waals surface area contributed by atoms with Crippen LogP contribution < -0.4 is 10.2 Å². The third kappa shape index (κ3) is 3.88. The van der Waals surface area contributed by atoms with Gasteiger partial charge >= 0.3 is 0 Å². The van der Waals surface area contributed by atoms with Gasteiger partial charge in [0.15, 0.2) is 0 Å². The molecule has 0 amide bonds. The van der Waals surface area contributed by atoms with E-state index in [1.165, 1.54) is 0 Å². The second-order valence-electron chi connectivity index (χ2n) is 9.79. The zero-order chi connectivity index (χ0) is 22.5. The van der Waals surface area contributed by atoms with Gasteiger partial charge in [0, 0.05) is 25.4 Å².